The highest BCUT2D eigenvalue weighted by Gasteiger charge is 2.17. The fourth-order valence-electron chi connectivity index (χ4n) is 2.28. The van der Waals surface area contributed by atoms with Gasteiger partial charge in [-0.3, -0.25) is 9.59 Å². The maximum atomic E-state index is 12.0. The molecule has 3 rings (SSSR count). The second-order valence-corrected chi connectivity index (χ2v) is 6.54. The minimum atomic E-state index is -0.0732. The molecule has 0 saturated carbocycles. The summed E-state index contributed by atoms with van der Waals surface area (Å²) < 4.78 is 0. The molecule has 3 N–H and O–H groups in total. The van der Waals surface area contributed by atoms with Gasteiger partial charge in [-0.2, -0.15) is 0 Å². The van der Waals surface area contributed by atoms with Crippen molar-refractivity contribution >= 4 is 35.6 Å². The minimum Gasteiger partial charge on any atom is -0.352 e. The highest BCUT2D eigenvalue weighted by molar-refractivity contribution is 7.12. The maximum Gasteiger partial charge on any atom is 0.261 e. The molecule has 1 aromatic carbocycles. The Morgan fingerprint density at radius 1 is 1.08 bits per heavy atom. The number of rotatable bonds is 6. The number of carbonyl (C=O) groups excluding carboxylic acids is 2. The van der Waals surface area contributed by atoms with Crippen LogP contribution in [0.15, 0.2) is 41.8 Å². The van der Waals surface area contributed by atoms with Gasteiger partial charge >= 0.3 is 0 Å². The molecule has 0 bridgehead atoms. The first-order chi connectivity index (χ1) is 11.2. The van der Waals surface area contributed by atoms with Gasteiger partial charge in [-0.05, 0) is 29.1 Å². The van der Waals surface area contributed by atoms with E-state index < -0.39 is 0 Å². The van der Waals surface area contributed by atoms with E-state index in [1.165, 1.54) is 11.3 Å². The largest absolute Gasteiger partial charge is 0.352 e. The van der Waals surface area contributed by atoms with Crippen molar-refractivity contribution in [2.45, 2.75) is 6.54 Å². The van der Waals surface area contributed by atoms with E-state index >= 15 is 0 Å². The highest BCUT2D eigenvalue weighted by Crippen LogP contribution is 2.09. The lowest BCUT2D eigenvalue weighted by Crippen LogP contribution is -2.48. The van der Waals surface area contributed by atoms with Crippen molar-refractivity contribution in [1.82, 2.24) is 16.0 Å². The Morgan fingerprint density at radius 2 is 1.83 bits per heavy atom. The zero-order valence-electron chi connectivity index (χ0n) is 13.1. The number of hydrogen-bond donors (Lipinski definition) is 3. The molecular formula is C17H20ClN3O2S. The summed E-state index contributed by atoms with van der Waals surface area (Å²) >= 11 is 1.42. The van der Waals surface area contributed by atoms with Crippen molar-refractivity contribution in [3.8, 4) is 0 Å². The van der Waals surface area contributed by atoms with Gasteiger partial charge in [-0.15, -0.1) is 23.7 Å². The van der Waals surface area contributed by atoms with Crippen molar-refractivity contribution in [3.63, 3.8) is 0 Å². The highest BCUT2D eigenvalue weighted by atomic mass is 35.5. The Bertz CT molecular complexity index is 670. The predicted octanol–water partition coefficient (Wildman–Crippen LogP) is 2.05. The second-order valence-electron chi connectivity index (χ2n) is 5.59. The zero-order valence-corrected chi connectivity index (χ0v) is 14.7. The van der Waals surface area contributed by atoms with Gasteiger partial charge in [0.15, 0.2) is 0 Å². The standard InChI is InChI=1S/C17H19N3O2S.ClH/c21-16(19-11-13-8-18-9-13)14-5-3-12(4-6-14)10-20-17(22)15-2-1-7-23-15;/h1-7,13,18H,8-11H2,(H,19,21)(H,20,22);1H. The predicted molar refractivity (Wildman–Crippen MR) is 97.9 cm³/mol. The van der Waals surface area contributed by atoms with Crippen molar-refractivity contribution in [2.75, 3.05) is 19.6 Å². The van der Waals surface area contributed by atoms with E-state index in [0.29, 0.717) is 29.4 Å². The molecule has 1 aromatic heterocycles. The summed E-state index contributed by atoms with van der Waals surface area (Å²) in [5.74, 6) is 0.424. The molecule has 2 heterocycles. The Balaban J connectivity index is 0.00000208. The number of benzene rings is 1. The first kappa shape index (κ1) is 18.4. The molecule has 0 atom stereocenters. The first-order valence-corrected chi connectivity index (χ1v) is 8.50. The number of thiophene rings is 1. The lowest BCUT2D eigenvalue weighted by Gasteiger charge is -2.27. The lowest BCUT2D eigenvalue weighted by atomic mass is 10.0. The van der Waals surface area contributed by atoms with Gasteiger partial charge in [0, 0.05) is 37.7 Å². The summed E-state index contributed by atoms with van der Waals surface area (Å²) in [7, 11) is 0. The molecule has 2 aromatic rings. The lowest BCUT2D eigenvalue weighted by molar-refractivity contribution is 0.0937. The van der Waals surface area contributed by atoms with Crippen molar-refractivity contribution in [3.05, 3.63) is 57.8 Å². The quantitative estimate of drug-likeness (QED) is 0.733. The summed E-state index contributed by atoms with van der Waals surface area (Å²) in [5.41, 5.74) is 1.61. The zero-order chi connectivity index (χ0) is 16.1. The summed E-state index contributed by atoms with van der Waals surface area (Å²) in [5, 5.41) is 10.9. The Labute approximate surface area is 151 Å². The van der Waals surface area contributed by atoms with E-state index in [-0.39, 0.29) is 24.2 Å². The molecule has 0 radical (unpaired) electrons. The molecule has 1 aliphatic heterocycles. The Kier molecular flexibility index (Phi) is 6.78. The van der Waals surface area contributed by atoms with Gasteiger partial charge in [0.25, 0.3) is 11.8 Å². The first-order valence-electron chi connectivity index (χ1n) is 7.62. The third-order valence-corrected chi connectivity index (χ3v) is 4.70. The number of carbonyl (C=O) groups is 2. The van der Waals surface area contributed by atoms with Gasteiger partial charge in [-0.25, -0.2) is 0 Å². The van der Waals surface area contributed by atoms with Gasteiger partial charge in [0.1, 0.15) is 0 Å². The monoisotopic (exact) mass is 365 g/mol. The number of hydrogen-bond acceptors (Lipinski definition) is 4. The smallest absolute Gasteiger partial charge is 0.261 e. The molecule has 1 saturated heterocycles. The summed E-state index contributed by atoms with van der Waals surface area (Å²) in [6, 6.07) is 11.0. The van der Waals surface area contributed by atoms with E-state index in [2.05, 4.69) is 16.0 Å². The molecule has 2 amide bonds. The van der Waals surface area contributed by atoms with Crippen LogP contribution in [-0.2, 0) is 6.54 Å². The van der Waals surface area contributed by atoms with Crippen LogP contribution < -0.4 is 16.0 Å². The molecule has 0 aliphatic carbocycles. The number of nitrogens with one attached hydrogen (secondary N) is 3. The Hall–Kier alpha value is -1.89. The average molecular weight is 366 g/mol. The number of halogens is 1. The van der Waals surface area contributed by atoms with E-state index in [1.54, 1.807) is 18.2 Å². The fourth-order valence-corrected chi connectivity index (χ4v) is 2.92. The molecular weight excluding hydrogens is 346 g/mol. The second kappa shape index (κ2) is 8.82. The van der Waals surface area contributed by atoms with Gasteiger partial charge in [-0.1, -0.05) is 18.2 Å². The van der Waals surface area contributed by atoms with Crippen LogP contribution in [-0.4, -0.2) is 31.4 Å². The van der Waals surface area contributed by atoms with Gasteiger partial charge < -0.3 is 16.0 Å². The molecule has 7 heteroatoms. The van der Waals surface area contributed by atoms with E-state index in [1.807, 2.05) is 23.6 Å². The Morgan fingerprint density at radius 3 is 2.42 bits per heavy atom. The SMILES string of the molecule is Cl.O=C(NCC1CNC1)c1ccc(CNC(=O)c2cccs2)cc1. The van der Waals surface area contributed by atoms with Gasteiger partial charge in [0.05, 0.1) is 4.88 Å². The van der Waals surface area contributed by atoms with Crippen molar-refractivity contribution < 1.29 is 9.59 Å². The molecule has 1 aliphatic rings. The molecule has 0 spiro atoms. The van der Waals surface area contributed by atoms with E-state index in [9.17, 15) is 9.59 Å². The van der Waals surface area contributed by atoms with E-state index in [4.69, 9.17) is 0 Å². The number of amides is 2. The van der Waals surface area contributed by atoms with Crippen LogP contribution in [0.5, 0.6) is 0 Å². The molecule has 5 nitrogen and oxygen atoms in total. The average Bonchev–Trinajstić information content (AvgIpc) is 3.06. The normalized spacial score (nSPS) is 13.5. The van der Waals surface area contributed by atoms with Crippen LogP contribution in [0.3, 0.4) is 0 Å². The summed E-state index contributed by atoms with van der Waals surface area (Å²) in [6.07, 6.45) is 0. The van der Waals surface area contributed by atoms with Crippen LogP contribution in [0.25, 0.3) is 0 Å². The molecule has 128 valence electrons. The topological polar surface area (TPSA) is 70.2 Å². The fraction of sp³-hybridized carbons (Fsp3) is 0.294. The van der Waals surface area contributed by atoms with E-state index in [0.717, 1.165) is 18.7 Å². The van der Waals surface area contributed by atoms with Gasteiger partial charge in [0.2, 0.25) is 0 Å². The van der Waals surface area contributed by atoms with Crippen molar-refractivity contribution in [2.24, 2.45) is 5.92 Å². The summed E-state index contributed by atoms with van der Waals surface area (Å²) in [6.45, 7) is 3.11. The summed E-state index contributed by atoms with van der Waals surface area (Å²) in [4.78, 5) is 24.6. The van der Waals surface area contributed by atoms with Crippen molar-refractivity contribution in [1.29, 1.82) is 0 Å². The maximum absolute atomic E-state index is 12.0. The van der Waals surface area contributed by atoms with Crippen LogP contribution in [0.1, 0.15) is 25.6 Å². The third kappa shape index (κ3) is 4.80. The molecule has 1 fully saturated rings. The minimum absolute atomic E-state index is 0. The van der Waals surface area contributed by atoms with Crippen LogP contribution in [0, 0.1) is 5.92 Å². The van der Waals surface area contributed by atoms with Crippen LogP contribution >= 0.6 is 23.7 Å². The van der Waals surface area contributed by atoms with Crippen LogP contribution in [0.2, 0.25) is 0 Å². The third-order valence-electron chi connectivity index (χ3n) is 3.83. The van der Waals surface area contributed by atoms with Crippen LogP contribution in [0.4, 0.5) is 0 Å². The molecule has 0 unspecified atom stereocenters. The molecule has 24 heavy (non-hydrogen) atoms.